The fourth-order valence-electron chi connectivity index (χ4n) is 2.57. The molecule has 0 fully saturated rings. The molecular formula is C20H39N5O. The van der Waals surface area contributed by atoms with Gasteiger partial charge in [-0.05, 0) is 58.5 Å². The van der Waals surface area contributed by atoms with Crippen LogP contribution < -0.4 is 31.7 Å². The molecule has 26 heavy (non-hydrogen) atoms. The van der Waals surface area contributed by atoms with Crippen LogP contribution in [0.2, 0.25) is 0 Å². The van der Waals surface area contributed by atoms with Gasteiger partial charge in [-0.1, -0.05) is 12.1 Å². The zero-order chi connectivity index (χ0) is 19.3. The van der Waals surface area contributed by atoms with Crippen LogP contribution in [0.15, 0.2) is 24.3 Å². The van der Waals surface area contributed by atoms with Gasteiger partial charge < -0.3 is 31.7 Å². The molecule has 1 aromatic rings. The highest BCUT2D eigenvalue weighted by atomic mass is 16.5. The number of benzene rings is 1. The third kappa shape index (κ3) is 10.7. The summed E-state index contributed by atoms with van der Waals surface area (Å²) in [5.74, 6) is 0.887. The van der Waals surface area contributed by atoms with E-state index in [2.05, 4.69) is 42.0 Å². The van der Waals surface area contributed by atoms with Crippen LogP contribution in [-0.4, -0.2) is 58.0 Å². The number of hydrogen-bond donors (Lipinski definition) is 5. The number of likely N-dealkylation sites (N-methyl/N-ethyl adjacent to an activating group) is 1. The highest BCUT2D eigenvalue weighted by molar-refractivity contribution is 5.28. The maximum Gasteiger partial charge on any atom is 0.119 e. The van der Waals surface area contributed by atoms with Crippen molar-refractivity contribution in [2.75, 3.05) is 46.4 Å². The number of hydrogen-bond acceptors (Lipinski definition) is 6. The second-order valence-electron chi connectivity index (χ2n) is 7.43. The molecule has 6 N–H and O–H groups in total. The standard InChI is InChI=1S/C20H39N5O/c1-17(24-16-20(2,3)25-11-10-22-4)8-9-23-12-13-26-19-7-5-6-18(14-19)15-21/h5-7,14,17,22-25H,8-13,15-16,21H2,1-4H3. The monoisotopic (exact) mass is 365 g/mol. The zero-order valence-corrected chi connectivity index (χ0v) is 17.0. The zero-order valence-electron chi connectivity index (χ0n) is 17.0. The van der Waals surface area contributed by atoms with Crippen molar-refractivity contribution < 1.29 is 4.74 Å². The molecule has 0 spiro atoms. The lowest BCUT2D eigenvalue weighted by Crippen LogP contribution is -2.51. The molecule has 6 nitrogen and oxygen atoms in total. The highest BCUT2D eigenvalue weighted by Crippen LogP contribution is 2.12. The van der Waals surface area contributed by atoms with Crippen LogP contribution in [0.5, 0.6) is 5.75 Å². The second kappa shape index (κ2) is 13.1. The summed E-state index contributed by atoms with van der Waals surface area (Å²) in [5.41, 5.74) is 6.84. The average Bonchev–Trinajstić information content (AvgIpc) is 2.63. The van der Waals surface area contributed by atoms with Gasteiger partial charge in [0.05, 0.1) is 0 Å². The van der Waals surface area contributed by atoms with E-state index in [4.69, 9.17) is 10.5 Å². The molecule has 0 saturated heterocycles. The first-order valence-corrected chi connectivity index (χ1v) is 9.72. The molecule has 6 heteroatoms. The van der Waals surface area contributed by atoms with Gasteiger partial charge >= 0.3 is 0 Å². The van der Waals surface area contributed by atoms with Gasteiger partial charge in [0.2, 0.25) is 0 Å². The predicted octanol–water partition coefficient (Wildman–Crippen LogP) is 1.07. The first-order valence-electron chi connectivity index (χ1n) is 9.72. The van der Waals surface area contributed by atoms with E-state index < -0.39 is 0 Å². The van der Waals surface area contributed by atoms with Crippen LogP contribution in [0.25, 0.3) is 0 Å². The van der Waals surface area contributed by atoms with E-state index in [0.29, 0.717) is 19.2 Å². The number of ether oxygens (including phenoxy) is 1. The van der Waals surface area contributed by atoms with Crippen molar-refractivity contribution in [3.63, 3.8) is 0 Å². The lowest BCUT2D eigenvalue weighted by Gasteiger charge is -2.29. The van der Waals surface area contributed by atoms with Crippen LogP contribution in [0, 0.1) is 0 Å². The minimum absolute atomic E-state index is 0.102. The van der Waals surface area contributed by atoms with Crippen molar-refractivity contribution in [2.24, 2.45) is 5.73 Å². The lowest BCUT2D eigenvalue weighted by atomic mass is 10.0. The summed E-state index contributed by atoms with van der Waals surface area (Å²) in [7, 11) is 1.98. The summed E-state index contributed by atoms with van der Waals surface area (Å²) >= 11 is 0. The van der Waals surface area contributed by atoms with Gasteiger partial charge in [-0.3, -0.25) is 0 Å². The summed E-state index contributed by atoms with van der Waals surface area (Å²) in [5, 5.41) is 13.8. The molecular weight excluding hydrogens is 326 g/mol. The van der Waals surface area contributed by atoms with E-state index >= 15 is 0 Å². The Morgan fingerprint density at radius 2 is 1.96 bits per heavy atom. The van der Waals surface area contributed by atoms with Gasteiger partial charge in [-0.15, -0.1) is 0 Å². The quantitative estimate of drug-likeness (QED) is 0.299. The van der Waals surface area contributed by atoms with E-state index in [0.717, 1.165) is 50.5 Å². The Hall–Kier alpha value is -1.18. The van der Waals surface area contributed by atoms with Gasteiger partial charge in [0.25, 0.3) is 0 Å². The smallest absolute Gasteiger partial charge is 0.119 e. The largest absolute Gasteiger partial charge is 0.492 e. The minimum Gasteiger partial charge on any atom is -0.492 e. The minimum atomic E-state index is 0.102. The van der Waals surface area contributed by atoms with E-state index in [9.17, 15) is 0 Å². The Morgan fingerprint density at radius 3 is 2.69 bits per heavy atom. The van der Waals surface area contributed by atoms with Gasteiger partial charge in [0.1, 0.15) is 12.4 Å². The third-order valence-electron chi connectivity index (χ3n) is 4.31. The molecule has 0 aromatic heterocycles. The van der Waals surface area contributed by atoms with Crippen LogP contribution in [-0.2, 0) is 6.54 Å². The number of rotatable bonds is 15. The summed E-state index contributed by atoms with van der Waals surface area (Å²) in [6, 6.07) is 8.44. The normalized spacial score (nSPS) is 13.0. The second-order valence-corrected chi connectivity index (χ2v) is 7.43. The third-order valence-corrected chi connectivity index (χ3v) is 4.31. The van der Waals surface area contributed by atoms with Gasteiger partial charge in [0.15, 0.2) is 0 Å². The van der Waals surface area contributed by atoms with Crippen LogP contribution in [0.3, 0.4) is 0 Å². The molecule has 0 bridgehead atoms. The molecule has 0 aliphatic heterocycles. The molecule has 0 saturated carbocycles. The van der Waals surface area contributed by atoms with E-state index in [1.165, 1.54) is 0 Å². The van der Waals surface area contributed by atoms with Gasteiger partial charge in [-0.2, -0.15) is 0 Å². The number of nitrogens with one attached hydrogen (secondary N) is 4. The maximum atomic E-state index is 5.75. The maximum absolute atomic E-state index is 5.75. The molecule has 1 unspecified atom stereocenters. The van der Waals surface area contributed by atoms with Gasteiger partial charge in [0, 0.05) is 44.3 Å². The fraction of sp³-hybridized carbons (Fsp3) is 0.700. The van der Waals surface area contributed by atoms with Crippen LogP contribution in [0.1, 0.15) is 32.8 Å². The van der Waals surface area contributed by atoms with Crippen LogP contribution in [0.4, 0.5) is 0 Å². The Kier molecular flexibility index (Phi) is 11.5. The van der Waals surface area contributed by atoms with Crippen molar-refractivity contribution in [1.29, 1.82) is 0 Å². The Labute approximate surface area is 159 Å². The fourth-order valence-corrected chi connectivity index (χ4v) is 2.57. The van der Waals surface area contributed by atoms with E-state index in [1.54, 1.807) is 0 Å². The Morgan fingerprint density at radius 1 is 1.15 bits per heavy atom. The van der Waals surface area contributed by atoms with Crippen molar-refractivity contribution in [2.45, 2.75) is 45.3 Å². The first kappa shape index (κ1) is 22.9. The summed E-state index contributed by atoms with van der Waals surface area (Å²) < 4.78 is 5.75. The molecule has 0 aliphatic carbocycles. The predicted molar refractivity (Wildman–Crippen MR) is 111 cm³/mol. The molecule has 0 heterocycles. The molecule has 0 radical (unpaired) electrons. The van der Waals surface area contributed by atoms with Crippen molar-refractivity contribution in [3.05, 3.63) is 29.8 Å². The molecule has 1 aromatic carbocycles. The molecule has 1 atom stereocenters. The molecule has 0 aliphatic rings. The highest BCUT2D eigenvalue weighted by Gasteiger charge is 2.16. The first-order chi connectivity index (χ1) is 12.5. The summed E-state index contributed by atoms with van der Waals surface area (Å²) in [6.45, 7) is 12.7. The average molecular weight is 366 g/mol. The SMILES string of the molecule is CNCCNC(C)(C)CNC(C)CCNCCOc1cccc(CN)c1. The van der Waals surface area contributed by atoms with Gasteiger partial charge in [-0.25, -0.2) is 0 Å². The molecule has 0 amide bonds. The Bertz CT molecular complexity index is 481. The van der Waals surface area contributed by atoms with E-state index in [1.807, 2.05) is 31.3 Å². The molecule has 150 valence electrons. The molecule has 1 rings (SSSR count). The topological polar surface area (TPSA) is 83.4 Å². The summed E-state index contributed by atoms with van der Waals surface area (Å²) in [4.78, 5) is 0. The van der Waals surface area contributed by atoms with Crippen molar-refractivity contribution in [1.82, 2.24) is 21.3 Å². The van der Waals surface area contributed by atoms with E-state index in [-0.39, 0.29) is 5.54 Å². The van der Waals surface area contributed by atoms with Crippen molar-refractivity contribution in [3.8, 4) is 5.75 Å². The summed E-state index contributed by atoms with van der Waals surface area (Å²) in [6.07, 6.45) is 1.09. The van der Waals surface area contributed by atoms with Crippen molar-refractivity contribution >= 4 is 0 Å². The lowest BCUT2D eigenvalue weighted by molar-refractivity contribution is 0.310. The Balaban J connectivity index is 2.06. The number of nitrogens with two attached hydrogens (primary N) is 1. The van der Waals surface area contributed by atoms with Crippen LogP contribution >= 0.6 is 0 Å².